The summed E-state index contributed by atoms with van der Waals surface area (Å²) in [4.78, 5) is 18.5. The predicted octanol–water partition coefficient (Wildman–Crippen LogP) is 3.58. The van der Waals surface area contributed by atoms with Crippen LogP contribution in [0.15, 0.2) is 4.79 Å². The molecule has 0 radical (unpaired) electrons. The highest BCUT2D eigenvalue weighted by Crippen LogP contribution is 2.45. The first-order valence-electron chi connectivity index (χ1n) is 6.99. The second-order valence-electron chi connectivity index (χ2n) is 5.64. The molecular weight excluding hydrogens is 276 g/mol. The zero-order chi connectivity index (χ0) is 13.1. The summed E-state index contributed by atoms with van der Waals surface area (Å²) in [5.41, 5.74) is 1.44. The standard InChI is InChI=1S/C14H16N2OS2/c1-2-7-6-9(7)16-13(17)11-8-4-3-5-10(8)19-12(11)15-14(16)18/h7,9H,2-6H2,1H3,(H,15,18). The summed E-state index contributed by atoms with van der Waals surface area (Å²) in [6.45, 7) is 2.18. The van der Waals surface area contributed by atoms with E-state index in [0.29, 0.717) is 16.7 Å². The first-order chi connectivity index (χ1) is 9.20. The van der Waals surface area contributed by atoms with Crippen LogP contribution in [0.25, 0.3) is 10.2 Å². The molecule has 0 aromatic carbocycles. The van der Waals surface area contributed by atoms with Crippen LogP contribution in [0.3, 0.4) is 0 Å². The van der Waals surface area contributed by atoms with E-state index in [-0.39, 0.29) is 5.56 Å². The van der Waals surface area contributed by atoms with Crippen LogP contribution in [-0.2, 0) is 12.8 Å². The van der Waals surface area contributed by atoms with Crippen LogP contribution in [0.4, 0.5) is 0 Å². The molecule has 0 spiro atoms. The number of thiophene rings is 1. The van der Waals surface area contributed by atoms with Gasteiger partial charge in [0.05, 0.1) is 5.39 Å². The Hall–Kier alpha value is -0.940. The molecule has 5 heteroatoms. The summed E-state index contributed by atoms with van der Waals surface area (Å²) in [6, 6.07) is 0.336. The molecule has 0 saturated heterocycles. The Balaban J connectivity index is 2.00. The highest BCUT2D eigenvalue weighted by atomic mass is 32.1. The van der Waals surface area contributed by atoms with Gasteiger partial charge in [-0.2, -0.15) is 0 Å². The molecule has 0 bridgehead atoms. The minimum atomic E-state index is 0.152. The Bertz CT molecular complexity index is 783. The van der Waals surface area contributed by atoms with E-state index < -0.39 is 0 Å². The van der Waals surface area contributed by atoms with E-state index in [1.54, 1.807) is 11.3 Å². The zero-order valence-electron chi connectivity index (χ0n) is 10.9. The van der Waals surface area contributed by atoms with Crippen molar-refractivity contribution >= 4 is 33.8 Å². The minimum Gasteiger partial charge on any atom is -0.323 e. The number of aromatic amines is 1. The molecule has 0 aliphatic heterocycles. The molecule has 4 rings (SSSR count). The van der Waals surface area contributed by atoms with E-state index in [9.17, 15) is 4.79 Å². The highest BCUT2D eigenvalue weighted by molar-refractivity contribution is 7.71. The van der Waals surface area contributed by atoms with Gasteiger partial charge in [0, 0.05) is 10.9 Å². The number of aromatic nitrogens is 2. The second kappa shape index (κ2) is 4.03. The van der Waals surface area contributed by atoms with E-state index >= 15 is 0 Å². The molecule has 1 fully saturated rings. The first-order valence-corrected chi connectivity index (χ1v) is 8.22. The van der Waals surface area contributed by atoms with E-state index in [2.05, 4.69) is 11.9 Å². The van der Waals surface area contributed by atoms with Crippen molar-refractivity contribution in [3.05, 3.63) is 25.6 Å². The number of fused-ring (bicyclic) bond motifs is 3. The lowest BCUT2D eigenvalue weighted by Gasteiger charge is -2.06. The molecule has 3 nitrogen and oxygen atoms in total. The number of rotatable bonds is 2. The van der Waals surface area contributed by atoms with Gasteiger partial charge >= 0.3 is 0 Å². The molecule has 0 amide bonds. The van der Waals surface area contributed by atoms with Crippen LogP contribution in [0.1, 0.15) is 42.7 Å². The van der Waals surface area contributed by atoms with Crippen molar-refractivity contribution in [3.8, 4) is 0 Å². The fourth-order valence-electron chi connectivity index (χ4n) is 3.38. The summed E-state index contributed by atoms with van der Waals surface area (Å²) in [7, 11) is 0. The minimum absolute atomic E-state index is 0.152. The molecule has 2 heterocycles. The van der Waals surface area contributed by atoms with Gasteiger partial charge in [0.1, 0.15) is 4.83 Å². The average molecular weight is 292 g/mol. The molecule has 2 aromatic rings. The van der Waals surface area contributed by atoms with Crippen LogP contribution >= 0.6 is 23.6 Å². The topological polar surface area (TPSA) is 37.8 Å². The van der Waals surface area contributed by atoms with Gasteiger partial charge < -0.3 is 4.98 Å². The lowest BCUT2D eigenvalue weighted by atomic mass is 10.2. The normalized spacial score (nSPS) is 24.9. The van der Waals surface area contributed by atoms with Crippen molar-refractivity contribution < 1.29 is 0 Å². The molecule has 1 N–H and O–H groups in total. The third kappa shape index (κ3) is 1.61. The number of hydrogen-bond donors (Lipinski definition) is 1. The monoisotopic (exact) mass is 292 g/mol. The molecular formula is C14H16N2OS2. The van der Waals surface area contributed by atoms with Crippen molar-refractivity contribution in [3.63, 3.8) is 0 Å². The molecule has 100 valence electrons. The third-order valence-corrected chi connectivity index (χ3v) is 6.04. The van der Waals surface area contributed by atoms with Gasteiger partial charge in [0.25, 0.3) is 5.56 Å². The van der Waals surface area contributed by atoms with Gasteiger partial charge in [-0.05, 0) is 49.4 Å². The second-order valence-corrected chi connectivity index (χ2v) is 7.13. The fourth-order valence-corrected chi connectivity index (χ4v) is 5.04. The summed E-state index contributed by atoms with van der Waals surface area (Å²) in [6.07, 6.45) is 5.59. The molecule has 19 heavy (non-hydrogen) atoms. The average Bonchev–Trinajstić information content (AvgIpc) is 2.84. The van der Waals surface area contributed by atoms with Crippen molar-refractivity contribution in [1.29, 1.82) is 0 Å². The molecule has 2 aliphatic rings. The van der Waals surface area contributed by atoms with Crippen molar-refractivity contribution in [2.24, 2.45) is 5.92 Å². The molecule has 2 unspecified atom stereocenters. The maximum Gasteiger partial charge on any atom is 0.263 e. The van der Waals surface area contributed by atoms with Crippen LogP contribution in [0, 0.1) is 10.7 Å². The Morgan fingerprint density at radius 1 is 1.47 bits per heavy atom. The Morgan fingerprint density at radius 3 is 3.05 bits per heavy atom. The van der Waals surface area contributed by atoms with Gasteiger partial charge in [-0.1, -0.05) is 13.3 Å². The van der Waals surface area contributed by atoms with Gasteiger partial charge in [0.15, 0.2) is 4.77 Å². The number of aryl methyl sites for hydroxylation is 2. The highest BCUT2D eigenvalue weighted by Gasteiger charge is 2.39. The fraction of sp³-hybridized carbons (Fsp3) is 0.571. The van der Waals surface area contributed by atoms with Crippen LogP contribution in [0.2, 0.25) is 0 Å². The lowest BCUT2D eigenvalue weighted by molar-refractivity contribution is 0.609. The Labute approximate surface area is 120 Å². The quantitative estimate of drug-likeness (QED) is 0.859. The lowest BCUT2D eigenvalue weighted by Crippen LogP contribution is -2.22. The SMILES string of the molecule is CCC1CC1n1c(=S)[nH]c2sc3c(c2c1=O)CCC3. The van der Waals surface area contributed by atoms with Crippen LogP contribution in [-0.4, -0.2) is 9.55 Å². The van der Waals surface area contributed by atoms with Crippen LogP contribution in [0.5, 0.6) is 0 Å². The Kier molecular flexibility index (Phi) is 2.51. The van der Waals surface area contributed by atoms with Gasteiger partial charge in [0.2, 0.25) is 0 Å². The van der Waals surface area contributed by atoms with E-state index in [1.165, 1.54) is 16.9 Å². The molecule has 2 aromatic heterocycles. The molecule has 1 saturated carbocycles. The Morgan fingerprint density at radius 2 is 2.32 bits per heavy atom. The maximum atomic E-state index is 12.8. The summed E-state index contributed by atoms with van der Waals surface area (Å²) in [5.74, 6) is 0.636. The summed E-state index contributed by atoms with van der Waals surface area (Å²) < 4.78 is 2.45. The largest absolute Gasteiger partial charge is 0.323 e. The van der Waals surface area contributed by atoms with Gasteiger partial charge in [-0.25, -0.2) is 0 Å². The number of nitrogens with one attached hydrogen (secondary N) is 1. The molecule has 2 aliphatic carbocycles. The van der Waals surface area contributed by atoms with Gasteiger partial charge in [-0.15, -0.1) is 11.3 Å². The van der Waals surface area contributed by atoms with Crippen molar-refractivity contribution in [2.75, 3.05) is 0 Å². The third-order valence-electron chi connectivity index (χ3n) is 4.53. The van der Waals surface area contributed by atoms with Crippen molar-refractivity contribution in [2.45, 2.75) is 45.1 Å². The maximum absolute atomic E-state index is 12.8. The smallest absolute Gasteiger partial charge is 0.263 e. The first kappa shape index (κ1) is 11.9. The number of hydrogen-bond acceptors (Lipinski definition) is 3. The number of nitrogens with zero attached hydrogens (tertiary/aromatic N) is 1. The van der Waals surface area contributed by atoms with E-state index in [1.807, 2.05) is 4.57 Å². The van der Waals surface area contributed by atoms with E-state index in [4.69, 9.17) is 12.2 Å². The van der Waals surface area contributed by atoms with Crippen LogP contribution < -0.4 is 5.56 Å². The van der Waals surface area contributed by atoms with Gasteiger partial charge in [-0.3, -0.25) is 9.36 Å². The molecule has 2 atom stereocenters. The van der Waals surface area contributed by atoms with Crippen molar-refractivity contribution in [1.82, 2.24) is 9.55 Å². The summed E-state index contributed by atoms with van der Waals surface area (Å²) in [5, 5.41) is 0.924. The number of H-pyrrole nitrogens is 1. The summed E-state index contributed by atoms with van der Waals surface area (Å²) >= 11 is 7.13. The predicted molar refractivity (Wildman–Crippen MR) is 80.7 cm³/mol. The van der Waals surface area contributed by atoms with E-state index in [0.717, 1.165) is 35.9 Å². The zero-order valence-corrected chi connectivity index (χ0v) is 12.5.